The van der Waals surface area contributed by atoms with Crippen LogP contribution in [0.5, 0.6) is 0 Å². The number of aromatic nitrogens is 2. The van der Waals surface area contributed by atoms with E-state index in [1.165, 1.54) is 0 Å². The van der Waals surface area contributed by atoms with Crippen LogP contribution in [0.15, 0.2) is 17.2 Å². The van der Waals surface area contributed by atoms with Crippen LogP contribution in [-0.2, 0) is 16.6 Å². The van der Waals surface area contributed by atoms with Crippen LogP contribution in [-0.4, -0.2) is 24.7 Å². The molecule has 0 bridgehead atoms. The maximum absolute atomic E-state index is 12.8. The summed E-state index contributed by atoms with van der Waals surface area (Å²) in [4.78, 5) is 0.429. The highest BCUT2D eigenvalue weighted by molar-refractivity contribution is 7.89. The summed E-state index contributed by atoms with van der Waals surface area (Å²) >= 11 is 0. The Hall–Kier alpha value is -1.66. The number of hydrogen-bond donors (Lipinski definition) is 1. The molecule has 0 radical (unpaired) electrons. The average Bonchev–Trinajstić information content (AvgIpc) is 2.93. The Morgan fingerprint density at radius 1 is 0.958 bits per heavy atom. The molecule has 0 amide bonds. The fourth-order valence-corrected chi connectivity index (χ4v) is 4.68. The van der Waals surface area contributed by atoms with Gasteiger partial charge in [0.05, 0.1) is 4.90 Å². The molecule has 1 aromatic heterocycles. The second kappa shape index (κ2) is 7.07. The van der Waals surface area contributed by atoms with E-state index in [4.69, 9.17) is 0 Å². The third-order valence-electron chi connectivity index (χ3n) is 4.97. The lowest BCUT2D eigenvalue weighted by Crippen LogP contribution is -2.27. The molecule has 0 aliphatic rings. The molecule has 0 saturated carbocycles. The van der Waals surface area contributed by atoms with Crippen molar-refractivity contribution in [2.75, 3.05) is 6.54 Å². The van der Waals surface area contributed by atoms with Crippen LogP contribution in [0.25, 0.3) is 0 Å². The highest BCUT2D eigenvalue weighted by atomic mass is 32.2. The smallest absolute Gasteiger partial charge is 0.241 e. The lowest BCUT2D eigenvalue weighted by atomic mass is 9.95. The Morgan fingerprint density at radius 2 is 1.50 bits per heavy atom. The SMILES string of the molecule is Cc1c(C)c(C)c(S(=O)(=O)NCCCn2nccc2C)c(C)c1C. The van der Waals surface area contributed by atoms with Crippen LogP contribution in [0.1, 0.15) is 39.9 Å². The first-order valence-corrected chi connectivity index (χ1v) is 9.70. The molecular formula is C18H27N3O2S. The molecule has 0 aliphatic carbocycles. The molecule has 6 heteroatoms. The summed E-state index contributed by atoms with van der Waals surface area (Å²) in [6.07, 6.45) is 2.45. The summed E-state index contributed by atoms with van der Waals surface area (Å²) in [5.74, 6) is 0. The first kappa shape index (κ1) is 18.7. The predicted molar refractivity (Wildman–Crippen MR) is 96.9 cm³/mol. The van der Waals surface area contributed by atoms with Crippen LogP contribution in [0.2, 0.25) is 0 Å². The van der Waals surface area contributed by atoms with Crippen LogP contribution >= 0.6 is 0 Å². The zero-order valence-corrected chi connectivity index (χ0v) is 16.2. The van der Waals surface area contributed by atoms with Gasteiger partial charge < -0.3 is 0 Å². The number of benzene rings is 1. The van der Waals surface area contributed by atoms with Gasteiger partial charge in [0.2, 0.25) is 10.0 Å². The summed E-state index contributed by atoms with van der Waals surface area (Å²) in [6, 6.07) is 1.94. The fourth-order valence-electron chi connectivity index (χ4n) is 3.01. The highest BCUT2D eigenvalue weighted by Gasteiger charge is 2.23. The van der Waals surface area contributed by atoms with E-state index in [0.717, 1.165) is 33.5 Å². The summed E-state index contributed by atoms with van der Waals surface area (Å²) in [5.41, 5.74) is 6.01. The van der Waals surface area contributed by atoms with Crippen molar-refractivity contribution in [2.24, 2.45) is 0 Å². The number of aryl methyl sites for hydroxylation is 2. The van der Waals surface area contributed by atoms with Crippen molar-refractivity contribution in [3.8, 4) is 0 Å². The quantitative estimate of drug-likeness (QED) is 0.815. The van der Waals surface area contributed by atoms with Gasteiger partial charge in [0, 0.05) is 25.0 Å². The van der Waals surface area contributed by atoms with E-state index in [0.29, 0.717) is 24.4 Å². The molecule has 0 saturated heterocycles. The number of sulfonamides is 1. The molecule has 5 nitrogen and oxygen atoms in total. The molecule has 132 valence electrons. The van der Waals surface area contributed by atoms with Gasteiger partial charge in [0.25, 0.3) is 0 Å². The second-order valence-corrected chi connectivity index (χ2v) is 8.10. The zero-order valence-electron chi connectivity index (χ0n) is 15.4. The van der Waals surface area contributed by atoms with E-state index in [1.807, 2.05) is 52.3 Å². The van der Waals surface area contributed by atoms with E-state index in [2.05, 4.69) is 9.82 Å². The standard InChI is InChI=1S/C18H27N3O2S/c1-12-8-10-19-21(12)11-7-9-20-24(22,23)18-16(5)14(3)13(2)15(4)17(18)6/h8,10,20H,7,9,11H2,1-6H3. The zero-order chi connectivity index (χ0) is 18.1. The van der Waals surface area contributed by atoms with Crippen molar-refractivity contribution in [3.63, 3.8) is 0 Å². The Morgan fingerprint density at radius 3 is 2.00 bits per heavy atom. The van der Waals surface area contributed by atoms with Crippen LogP contribution in [0.4, 0.5) is 0 Å². The molecule has 1 aromatic carbocycles. The molecule has 0 fully saturated rings. The first-order chi connectivity index (χ1) is 11.2. The van der Waals surface area contributed by atoms with Gasteiger partial charge >= 0.3 is 0 Å². The van der Waals surface area contributed by atoms with Gasteiger partial charge in [-0.2, -0.15) is 5.10 Å². The topological polar surface area (TPSA) is 64.0 Å². The van der Waals surface area contributed by atoms with Crippen molar-refractivity contribution in [3.05, 3.63) is 45.8 Å². The second-order valence-electron chi connectivity index (χ2n) is 6.40. The van der Waals surface area contributed by atoms with Crippen molar-refractivity contribution >= 4 is 10.0 Å². The minimum absolute atomic E-state index is 0.395. The van der Waals surface area contributed by atoms with Crippen molar-refractivity contribution in [1.29, 1.82) is 0 Å². The minimum Gasteiger partial charge on any atom is -0.270 e. The minimum atomic E-state index is -3.51. The van der Waals surface area contributed by atoms with Crippen LogP contribution in [0.3, 0.4) is 0 Å². The number of nitrogens with zero attached hydrogens (tertiary/aromatic N) is 2. The summed E-state index contributed by atoms with van der Waals surface area (Å²) in [6.45, 7) is 12.9. The van der Waals surface area contributed by atoms with Crippen molar-refractivity contribution < 1.29 is 8.42 Å². The Labute approximate surface area is 145 Å². The van der Waals surface area contributed by atoms with Gasteiger partial charge in [-0.05, 0) is 81.8 Å². The van der Waals surface area contributed by atoms with Gasteiger partial charge in [-0.3, -0.25) is 4.68 Å². The largest absolute Gasteiger partial charge is 0.270 e. The maximum Gasteiger partial charge on any atom is 0.241 e. The third-order valence-corrected chi connectivity index (χ3v) is 6.70. The van der Waals surface area contributed by atoms with Crippen molar-refractivity contribution in [1.82, 2.24) is 14.5 Å². The van der Waals surface area contributed by atoms with E-state index >= 15 is 0 Å². The molecule has 0 unspecified atom stereocenters. The molecule has 1 N–H and O–H groups in total. The molecule has 2 aromatic rings. The molecule has 2 rings (SSSR count). The van der Waals surface area contributed by atoms with Gasteiger partial charge in [0.15, 0.2) is 0 Å². The van der Waals surface area contributed by atoms with E-state index in [9.17, 15) is 8.42 Å². The molecular weight excluding hydrogens is 322 g/mol. The van der Waals surface area contributed by atoms with E-state index in [-0.39, 0.29) is 0 Å². The summed E-state index contributed by atoms with van der Waals surface area (Å²) in [5, 5.41) is 4.21. The third kappa shape index (κ3) is 3.54. The van der Waals surface area contributed by atoms with Gasteiger partial charge in [0.1, 0.15) is 0 Å². The van der Waals surface area contributed by atoms with E-state index < -0.39 is 10.0 Å². The Bertz CT molecular complexity index is 822. The predicted octanol–water partition coefficient (Wildman–Crippen LogP) is 3.10. The van der Waals surface area contributed by atoms with Gasteiger partial charge in [-0.1, -0.05) is 0 Å². The normalized spacial score (nSPS) is 11.9. The Balaban J connectivity index is 2.15. The average molecular weight is 350 g/mol. The number of rotatable bonds is 6. The number of nitrogens with one attached hydrogen (secondary N) is 1. The van der Waals surface area contributed by atoms with Gasteiger partial charge in [-0.15, -0.1) is 0 Å². The first-order valence-electron chi connectivity index (χ1n) is 8.22. The van der Waals surface area contributed by atoms with Crippen LogP contribution < -0.4 is 4.72 Å². The fraction of sp³-hybridized carbons (Fsp3) is 0.500. The van der Waals surface area contributed by atoms with E-state index in [1.54, 1.807) is 6.20 Å². The van der Waals surface area contributed by atoms with Crippen molar-refractivity contribution in [2.45, 2.75) is 59.4 Å². The molecule has 1 heterocycles. The summed E-state index contributed by atoms with van der Waals surface area (Å²) in [7, 11) is -3.51. The lowest BCUT2D eigenvalue weighted by molar-refractivity contribution is 0.545. The lowest BCUT2D eigenvalue weighted by Gasteiger charge is -2.19. The molecule has 0 atom stereocenters. The number of hydrogen-bond acceptors (Lipinski definition) is 3. The Kier molecular flexibility index (Phi) is 5.50. The molecule has 24 heavy (non-hydrogen) atoms. The molecule has 0 aliphatic heterocycles. The molecule has 0 spiro atoms. The maximum atomic E-state index is 12.8. The monoisotopic (exact) mass is 349 g/mol. The summed E-state index contributed by atoms with van der Waals surface area (Å²) < 4.78 is 30.2. The van der Waals surface area contributed by atoms with Crippen LogP contribution in [0, 0.1) is 41.5 Å². The van der Waals surface area contributed by atoms with Gasteiger partial charge in [-0.25, -0.2) is 13.1 Å². The highest BCUT2D eigenvalue weighted by Crippen LogP contribution is 2.29.